The van der Waals surface area contributed by atoms with Gasteiger partial charge in [-0.15, -0.1) is 0 Å². The number of amides is 1. The monoisotopic (exact) mass is 298 g/mol. The summed E-state index contributed by atoms with van der Waals surface area (Å²) in [5.41, 5.74) is 3.77. The highest BCUT2D eigenvalue weighted by molar-refractivity contribution is 5.94. The Kier molecular flexibility index (Phi) is 4.21. The summed E-state index contributed by atoms with van der Waals surface area (Å²) in [5.74, 6) is 0.0932. The Balaban J connectivity index is 2.02. The van der Waals surface area contributed by atoms with Crippen LogP contribution in [-0.2, 0) is 12.6 Å². The van der Waals surface area contributed by atoms with Gasteiger partial charge in [0.15, 0.2) is 0 Å². The first kappa shape index (κ1) is 15.0. The SMILES string of the molecule is Nc1ccc(C(=O)NCCc2ccco2)cc1C(F)(F)F. The number of nitrogens with one attached hydrogen (secondary N) is 1. The number of halogens is 3. The van der Waals surface area contributed by atoms with Crippen molar-refractivity contribution in [2.45, 2.75) is 12.6 Å². The van der Waals surface area contributed by atoms with Crippen LogP contribution in [-0.4, -0.2) is 12.5 Å². The van der Waals surface area contributed by atoms with E-state index in [9.17, 15) is 18.0 Å². The number of anilines is 1. The number of benzene rings is 1. The molecule has 2 aromatic rings. The lowest BCUT2D eigenvalue weighted by Crippen LogP contribution is -2.26. The van der Waals surface area contributed by atoms with Crippen molar-refractivity contribution in [3.63, 3.8) is 0 Å². The Morgan fingerprint density at radius 1 is 1.29 bits per heavy atom. The summed E-state index contributed by atoms with van der Waals surface area (Å²) in [7, 11) is 0. The lowest BCUT2D eigenvalue weighted by Gasteiger charge is -2.11. The van der Waals surface area contributed by atoms with Crippen LogP contribution in [0.4, 0.5) is 18.9 Å². The molecular formula is C14H13F3N2O2. The van der Waals surface area contributed by atoms with Crippen molar-refractivity contribution in [1.82, 2.24) is 5.32 Å². The number of alkyl halides is 3. The highest BCUT2D eigenvalue weighted by Gasteiger charge is 2.33. The fourth-order valence-electron chi connectivity index (χ4n) is 1.80. The number of hydrogen-bond acceptors (Lipinski definition) is 3. The molecule has 0 spiro atoms. The van der Waals surface area contributed by atoms with Gasteiger partial charge in [-0.05, 0) is 30.3 Å². The van der Waals surface area contributed by atoms with Gasteiger partial charge < -0.3 is 15.5 Å². The number of rotatable bonds is 4. The van der Waals surface area contributed by atoms with Crippen LogP contribution in [0.25, 0.3) is 0 Å². The second kappa shape index (κ2) is 5.90. The molecule has 112 valence electrons. The maximum absolute atomic E-state index is 12.7. The molecule has 0 bridgehead atoms. The highest BCUT2D eigenvalue weighted by atomic mass is 19.4. The lowest BCUT2D eigenvalue weighted by atomic mass is 10.1. The van der Waals surface area contributed by atoms with Gasteiger partial charge in [0.25, 0.3) is 5.91 Å². The summed E-state index contributed by atoms with van der Waals surface area (Å²) in [6.07, 6.45) is -2.62. The van der Waals surface area contributed by atoms with Crippen molar-refractivity contribution >= 4 is 11.6 Å². The molecule has 0 saturated heterocycles. The maximum Gasteiger partial charge on any atom is 0.418 e. The average molecular weight is 298 g/mol. The number of nitrogens with two attached hydrogens (primary N) is 1. The van der Waals surface area contributed by atoms with Crippen LogP contribution >= 0.6 is 0 Å². The number of carbonyl (C=O) groups is 1. The summed E-state index contributed by atoms with van der Waals surface area (Å²) in [5, 5.41) is 2.53. The van der Waals surface area contributed by atoms with Crippen molar-refractivity contribution < 1.29 is 22.4 Å². The molecule has 0 radical (unpaired) electrons. The van der Waals surface area contributed by atoms with Crippen LogP contribution in [0.1, 0.15) is 21.7 Å². The normalized spacial score (nSPS) is 11.4. The molecule has 3 N–H and O–H groups in total. The molecule has 1 amide bonds. The second-order valence-electron chi connectivity index (χ2n) is 4.39. The maximum atomic E-state index is 12.7. The average Bonchev–Trinajstić information content (AvgIpc) is 2.91. The van der Waals surface area contributed by atoms with E-state index in [0.717, 1.165) is 12.1 Å². The predicted octanol–water partition coefficient (Wildman–Crippen LogP) is 2.85. The standard InChI is InChI=1S/C14H13F3N2O2/c15-14(16,17)11-8-9(3-4-12(11)18)13(20)19-6-5-10-2-1-7-21-10/h1-4,7-8H,5-6,18H2,(H,19,20). The molecule has 7 heteroatoms. The Bertz CT molecular complexity index is 622. The predicted molar refractivity (Wildman–Crippen MR) is 70.6 cm³/mol. The number of hydrogen-bond donors (Lipinski definition) is 2. The van der Waals surface area contributed by atoms with Gasteiger partial charge in [0.05, 0.1) is 11.8 Å². The van der Waals surface area contributed by atoms with Gasteiger partial charge in [0, 0.05) is 24.2 Å². The number of carbonyl (C=O) groups excluding carboxylic acids is 1. The zero-order chi connectivity index (χ0) is 15.5. The molecule has 4 nitrogen and oxygen atoms in total. The van der Waals surface area contributed by atoms with E-state index in [-0.39, 0.29) is 12.1 Å². The van der Waals surface area contributed by atoms with Gasteiger partial charge in [-0.2, -0.15) is 13.2 Å². The quantitative estimate of drug-likeness (QED) is 0.853. The second-order valence-corrected chi connectivity index (χ2v) is 4.39. The molecule has 2 rings (SSSR count). The van der Waals surface area contributed by atoms with Crippen LogP contribution in [0.2, 0.25) is 0 Å². The van der Waals surface area contributed by atoms with E-state index >= 15 is 0 Å². The smallest absolute Gasteiger partial charge is 0.418 e. The van der Waals surface area contributed by atoms with E-state index in [1.807, 2.05) is 0 Å². The molecule has 0 saturated carbocycles. The molecule has 1 aromatic heterocycles. The van der Waals surface area contributed by atoms with Crippen molar-refractivity contribution in [3.05, 3.63) is 53.5 Å². The van der Waals surface area contributed by atoms with Crippen molar-refractivity contribution in [1.29, 1.82) is 0 Å². The summed E-state index contributed by atoms with van der Waals surface area (Å²) < 4.78 is 43.2. The minimum Gasteiger partial charge on any atom is -0.469 e. The van der Waals surface area contributed by atoms with E-state index in [1.165, 1.54) is 12.3 Å². The lowest BCUT2D eigenvalue weighted by molar-refractivity contribution is -0.136. The van der Waals surface area contributed by atoms with Crippen molar-refractivity contribution in [3.8, 4) is 0 Å². The van der Waals surface area contributed by atoms with Crippen LogP contribution in [0.5, 0.6) is 0 Å². The first-order valence-electron chi connectivity index (χ1n) is 6.15. The minimum absolute atomic E-state index is 0.0871. The molecule has 0 aliphatic heterocycles. The number of furan rings is 1. The summed E-state index contributed by atoms with van der Waals surface area (Å²) in [4.78, 5) is 11.8. The third kappa shape index (κ3) is 3.77. The first-order chi connectivity index (χ1) is 9.88. The summed E-state index contributed by atoms with van der Waals surface area (Å²) in [6, 6.07) is 6.54. The Morgan fingerprint density at radius 3 is 2.67 bits per heavy atom. The molecule has 21 heavy (non-hydrogen) atoms. The zero-order valence-electron chi connectivity index (χ0n) is 10.9. The van der Waals surface area contributed by atoms with Gasteiger partial charge >= 0.3 is 6.18 Å². The highest BCUT2D eigenvalue weighted by Crippen LogP contribution is 2.33. The van der Waals surface area contributed by atoms with Gasteiger partial charge in [-0.1, -0.05) is 0 Å². The first-order valence-corrected chi connectivity index (χ1v) is 6.15. The molecular weight excluding hydrogens is 285 g/mol. The van der Waals surface area contributed by atoms with E-state index in [4.69, 9.17) is 10.2 Å². The summed E-state index contributed by atoms with van der Waals surface area (Å²) in [6.45, 7) is 0.262. The van der Waals surface area contributed by atoms with Gasteiger partial charge in [0.1, 0.15) is 5.76 Å². The molecule has 0 atom stereocenters. The third-order valence-electron chi connectivity index (χ3n) is 2.86. The largest absolute Gasteiger partial charge is 0.469 e. The van der Waals surface area contributed by atoms with E-state index in [0.29, 0.717) is 12.2 Å². The van der Waals surface area contributed by atoms with Gasteiger partial charge in [-0.25, -0.2) is 0 Å². The molecule has 1 aromatic carbocycles. The Morgan fingerprint density at radius 2 is 2.05 bits per heavy atom. The van der Waals surface area contributed by atoms with Crippen LogP contribution in [0.3, 0.4) is 0 Å². The van der Waals surface area contributed by atoms with Crippen LogP contribution in [0.15, 0.2) is 41.0 Å². The molecule has 0 aliphatic carbocycles. The zero-order valence-corrected chi connectivity index (χ0v) is 10.9. The van der Waals surface area contributed by atoms with Gasteiger partial charge in [0.2, 0.25) is 0 Å². The Hall–Kier alpha value is -2.44. The third-order valence-corrected chi connectivity index (χ3v) is 2.86. The van der Waals surface area contributed by atoms with Gasteiger partial charge in [-0.3, -0.25) is 4.79 Å². The van der Waals surface area contributed by atoms with E-state index < -0.39 is 23.3 Å². The fraction of sp³-hybridized carbons (Fsp3) is 0.214. The fourth-order valence-corrected chi connectivity index (χ4v) is 1.80. The molecule has 0 fully saturated rings. The van der Waals surface area contributed by atoms with E-state index in [1.54, 1.807) is 12.1 Å². The molecule has 0 aliphatic rings. The van der Waals surface area contributed by atoms with Crippen LogP contribution in [0, 0.1) is 0 Å². The summed E-state index contributed by atoms with van der Waals surface area (Å²) >= 11 is 0. The molecule has 0 unspecified atom stereocenters. The minimum atomic E-state index is -4.59. The van der Waals surface area contributed by atoms with Crippen molar-refractivity contribution in [2.24, 2.45) is 0 Å². The van der Waals surface area contributed by atoms with Crippen molar-refractivity contribution in [2.75, 3.05) is 12.3 Å². The Labute approximate surface area is 118 Å². The van der Waals surface area contributed by atoms with E-state index in [2.05, 4.69) is 5.32 Å². The molecule has 1 heterocycles. The topological polar surface area (TPSA) is 68.3 Å². The number of nitrogen functional groups attached to an aromatic ring is 1. The van der Waals surface area contributed by atoms with Crippen LogP contribution < -0.4 is 11.1 Å².